The topological polar surface area (TPSA) is 34.3 Å². The van der Waals surface area contributed by atoms with Crippen molar-refractivity contribution in [2.24, 2.45) is 23.7 Å². The van der Waals surface area contributed by atoms with Crippen molar-refractivity contribution in [3.05, 3.63) is 0 Å². The highest BCUT2D eigenvalue weighted by Gasteiger charge is 2.52. The van der Waals surface area contributed by atoms with Crippen LogP contribution in [0.3, 0.4) is 0 Å². The first kappa shape index (κ1) is 18.7. The molecule has 142 valence electrons. The molecule has 0 aromatic rings. The largest absolute Gasteiger partial charge is 0.456 e. The van der Waals surface area contributed by atoms with Crippen LogP contribution in [-0.2, 0) is 13.6 Å². The Balaban J connectivity index is 1.50. The van der Waals surface area contributed by atoms with Gasteiger partial charge in [0, 0.05) is 0 Å². The van der Waals surface area contributed by atoms with Gasteiger partial charge in [0.05, 0.1) is 24.4 Å². The summed E-state index contributed by atoms with van der Waals surface area (Å²) in [6.07, 6.45) is 10.3. The Morgan fingerprint density at radius 3 is 1.72 bits per heavy atom. The lowest BCUT2D eigenvalue weighted by Gasteiger charge is -2.46. The van der Waals surface area contributed by atoms with Gasteiger partial charge in [-0.15, -0.1) is 0 Å². The van der Waals surface area contributed by atoms with Gasteiger partial charge in [-0.1, -0.05) is 13.8 Å². The molecule has 0 amide bonds. The Kier molecular flexibility index (Phi) is 5.26. The molecule has 0 spiro atoms. The first-order chi connectivity index (χ1) is 11.9. The second kappa shape index (κ2) is 7.04. The van der Waals surface area contributed by atoms with Crippen LogP contribution in [-0.4, -0.2) is 42.5 Å². The lowest BCUT2D eigenvalue weighted by atomic mass is 9.72. The summed E-state index contributed by atoms with van der Waals surface area (Å²) in [5.74, 6) is 3.19. The first-order valence-electron chi connectivity index (χ1n) is 10.6. The third-order valence-electron chi connectivity index (χ3n) is 7.88. The minimum absolute atomic E-state index is 0.589. The van der Waals surface area contributed by atoms with E-state index in [1.165, 1.54) is 38.5 Å². The van der Waals surface area contributed by atoms with Crippen molar-refractivity contribution in [1.82, 2.24) is 0 Å². The summed E-state index contributed by atoms with van der Waals surface area (Å²) < 4.78 is 18.2. The normalized spacial score (nSPS) is 43.6. The maximum Gasteiger partial charge on any atom is 0.211 e. The van der Waals surface area contributed by atoms with Crippen LogP contribution in [0.25, 0.3) is 0 Å². The Labute approximate surface area is 157 Å². The van der Waals surface area contributed by atoms with Crippen LogP contribution in [0.1, 0.15) is 52.4 Å². The van der Waals surface area contributed by atoms with Crippen molar-refractivity contribution in [3.8, 4) is 0 Å². The van der Waals surface area contributed by atoms with Gasteiger partial charge in [-0.3, -0.25) is 0 Å². The number of hydrogen-bond donors (Lipinski definition) is 0. The Hall–Kier alpha value is 0.314. The third kappa shape index (κ3) is 3.82. The zero-order valence-electron chi connectivity index (χ0n) is 16.7. The summed E-state index contributed by atoms with van der Waals surface area (Å²) in [5.41, 5.74) is 0.751. The quantitative estimate of drug-likeness (QED) is 0.476. The number of ether oxygens (including phenoxy) is 2. The van der Waals surface area contributed by atoms with E-state index in [9.17, 15) is 0 Å². The molecule has 25 heavy (non-hydrogen) atoms. The van der Waals surface area contributed by atoms with E-state index in [-0.39, 0.29) is 0 Å². The molecular weight excluding hydrogens is 344 g/mol. The van der Waals surface area contributed by atoms with E-state index in [0.29, 0.717) is 34.2 Å². The molecular formula is C20H36O3Si2. The van der Waals surface area contributed by atoms with Crippen molar-refractivity contribution in [3.63, 3.8) is 0 Å². The zero-order chi connectivity index (χ0) is 17.8. The fourth-order valence-electron chi connectivity index (χ4n) is 6.49. The molecule has 0 bridgehead atoms. The van der Waals surface area contributed by atoms with Crippen molar-refractivity contribution in [2.45, 2.75) is 102 Å². The van der Waals surface area contributed by atoms with Crippen LogP contribution in [0.5, 0.6) is 0 Å². The van der Waals surface area contributed by atoms with Crippen molar-refractivity contribution in [1.29, 1.82) is 0 Å². The molecule has 0 aromatic heterocycles. The van der Waals surface area contributed by atoms with Gasteiger partial charge in [0.1, 0.15) is 0 Å². The predicted octanol–water partition coefficient (Wildman–Crippen LogP) is 4.65. The van der Waals surface area contributed by atoms with Gasteiger partial charge in [-0.2, -0.15) is 0 Å². The minimum atomic E-state index is -1.71. The summed E-state index contributed by atoms with van der Waals surface area (Å²) >= 11 is 0. The highest BCUT2D eigenvalue weighted by Crippen LogP contribution is 2.53. The van der Waals surface area contributed by atoms with Crippen LogP contribution in [0.4, 0.5) is 0 Å². The molecule has 2 saturated heterocycles. The monoisotopic (exact) mass is 380 g/mol. The molecule has 4 aliphatic rings. The van der Waals surface area contributed by atoms with E-state index < -0.39 is 8.32 Å². The van der Waals surface area contributed by atoms with Gasteiger partial charge in [-0.05, 0) is 87.4 Å². The van der Waals surface area contributed by atoms with Crippen LogP contribution in [0.15, 0.2) is 0 Å². The molecule has 2 aliphatic carbocycles. The Morgan fingerprint density at radius 2 is 1.32 bits per heavy atom. The average Bonchev–Trinajstić information content (AvgIpc) is 3.46. The van der Waals surface area contributed by atoms with E-state index >= 15 is 0 Å². The molecule has 2 saturated carbocycles. The standard InChI is InChI=1S/C20H36O3Si2/c1-12(14-6-8-16-18(10-14)21-16)20(25(4,5)23-24-3)13(2)15-7-9-17-19(11-15)22-17/h12-20H,6-11H2,1-5H3. The maximum absolute atomic E-state index is 6.49. The zero-order valence-corrected chi connectivity index (χ0v) is 18.7. The molecule has 4 rings (SSSR count). The number of fused-ring (bicyclic) bond motifs is 2. The van der Waals surface area contributed by atoms with Crippen LogP contribution in [0, 0.1) is 23.7 Å². The van der Waals surface area contributed by atoms with Crippen molar-refractivity contribution < 1.29 is 13.6 Å². The highest BCUT2D eigenvalue weighted by atomic mass is 28.4. The first-order valence-corrected chi connectivity index (χ1v) is 15.0. The summed E-state index contributed by atoms with van der Waals surface area (Å²) in [7, 11) is -1.09. The van der Waals surface area contributed by atoms with Crippen molar-refractivity contribution in [2.75, 3.05) is 0 Å². The molecule has 8 atom stereocenters. The van der Waals surface area contributed by atoms with Crippen molar-refractivity contribution >= 4 is 18.1 Å². The number of hydrogen-bond acceptors (Lipinski definition) is 3. The smallest absolute Gasteiger partial charge is 0.211 e. The van der Waals surface area contributed by atoms with Gasteiger partial charge in [0.2, 0.25) is 9.76 Å². The Bertz CT molecular complexity index is 452. The lowest BCUT2D eigenvalue weighted by Crippen LogP contribution is -2.47. The predicted molar refractivity (Wildman–Crippen MR) is 104 cm³/mol. The van der Waals surface area contributed by atoms with E-state index in [2.05, 4.69) is 33.5 Å². The van der Waals surface area contributed by atoms with Gasteiger partial charge < -0.3 is 13.6 Å². The fraction of sp³-hybridized carbons (Fsp3) is 1.00. The number of epoxide rings is 2. The second-order valence-electron chi connectivity index (χ2n) is 9.73. The van der Waals surface area contributed by atoms with Gasteiger partial charge in [0.15, 0.2) is 8.32 Å². The maximum atomic E-state index is 6.49. The van der Waals surface area contributed by atoms with Crippen LogP contribution in [0.2, 0.25) is 25.2 Å². The third-order valence-corrected chi connectivity index (χ3v) is 13.5. The summed E-state index contributed by atoms with van der Waals surface area (Å²) in [6.45, 7) is 12.3. The molecule has 8 unspecified atom stereocenters. The van der Waals surface area contributed by atoms with E-state index in [1.54, 1.807) is 0 Å². The minimum Gasteiger partial charge on any atom is -0.456 e. The van der Waals surface area contributed by atoms with E-state index in [0.717, 1.165) is 29.2 Å². The van der Waals surface area contributed by atoms with Gasteiger partial charge >= 0.3 is 0 Å². The summed E-state index contributed by atoms with van der Waals surface area (Å²) in [5, 5.41) is 0. The highest BCUT2D eigenvalue weighted by molar-refractivity contribution is 6.76. The van der Waals surface area contributed by atoms with Crippen LogP contribution < -0.4 is 0 Å². The van der Waals surface area contributed by atoms with Crippen LogP contribution >= 0.6 is 0 Å². The molecule has 2 heterocycles. The van der Waals surface area contributed by atoms with Gasteiger partial charge in [-0.25, -0.2) is 0 Å². The SMILES string of the molecule is C[Si]O[Si](C)(C)C(C(C)C1CCC2OC2C1)C(C)C1CCC2OC2C1. The average molecular weight is 381 g/mol. The molecule has 2 aliphatic heterocycles. The molecule has 3 nitrogen and oxygen atoms in total. The molecule has 2 radical (unpaired) electrons. The molecule has 0 aromatic carbocycles. The Morgan fingerprint density at radius 1 is 0.840 bits per heavy atom. The second-order valence-corrected chi connectivity index (χ2v) is 14.8. The molecule has 4 fully saturated rings. The number of rotatable bonds is 7. The summed E-state index contributed by atoms with van der Waals surface area (Å²) in [6, 6.07) is 0. The van der Waals surface area contributed by atoms with E-state index in [4.69, 9.17) is 13.6 Å². The lowest BCUT2D eigenvalue weighted by molar-refractivity contribution is 0.178. The van der Waals surface area contributed by atoms with Gasteiger partial charge in [0.25, 0.3) is 0 Å². The molecule has 0 N–H and O–H groups in total. The fourth-order valence-corrected chi connectivity index (χ4v) is 12.2. The molecule has 5 heteroatoms. The van der Waals surface area contributed by atoms with E-state index in [1.807, 2.05) is 0 Å². The summed E-state index contributed by atoms with van der Waals surface area (Å²) in [4.78, 5) is 0.